The number of rotatable bonds is 6. The van der Waals surface area contributed by atoms with Crippen molar-refractivity contribution in [2.45, 2.75) is 6.92 Å². The molecule has 0 spiro atoms. The van der Waals surface area contributed by atoms with E-state index in [4.69, 9.17) is 18.6 Å². The van der Waals surface area contributed by atoms with Crippen molar-refractivity contribution in [2.75, 3.05) is 26.6 Å². The summed E-state index contributed by atoms with van der Waals surface area (Å²) in [6, 6.07) is 10.5. The molecule has 1 aromatic heterocycles. The molecule has 3 rings (SSSR count). The summed E-state index contributed by atoms with van der Waals surface area (Å²) in [5.74, 6) is 2.01. The molecule has 0 saturated carbocycles. The Labute approximate surface area is 156 Å². The van der Waals surface area contributed by atoms with E-state index in [-0.39, 0.29) is 5.91 Å². The molecule has 27 heavy (non-hydrogen) atoms. The standard InChI is InChI=1S/C20H20N2O5/c1-12-11-21-20(27-12)13-6-5-7-14(10-13)22-19(23)15-8-9-16(24-2)18(26-4)17(15)25-3/h5-11H,1-4H3,(H,22,23). The summed E-state index contributed by atoms with van der Waals surface area (Å²) in [7, 11) is 4.48. The number of hydrogen-bond acceptors (Lipinski definition) is 6. The minimum absolute atomic E-state index is 0.300. The topological polar surface area (TPSA) is 82.8 Å². The third-order valence-corrected chi connectivity index (χ3v) is 3.94. The van der Waals surface area contributed by atoms with Gasteiger partial charge in [0.05, 0.1) is 33.1 Å². The number of benzene rings is 2. The van der Waals surface area contributed by atoms with Gasteiger partial charge in [-0.05, 0) is 37.3 Å². The Morgan fingerprint density at radius 3 is 2.44 bits per heavy atom. The number of oxazole rings is 1. The number of carbonyl (C=O) groups is 1. The number of aryl methyl sites for hydroxylation is 1. The number of carbonyl (C=O) groups excluding carboxylic acids is 1. The zero-order chi connectivity index (χ0) is 19.4. The highest BCUT2D eigenvalue weighted by atomic mass is 16.5. The maximum absolute atomic E-state index is 12.8. The largest absolute Gasteiger partial charge is 0.493 e. The molecule has 0 unspecified atom stereocenters. The van der Waals surface area contributed by atoms with E-state index in [1.807, 2.05) is 19.1 Å². The molecule has 140 valence electrons. The van der Waals surface area contributed by atoms with Crippen LogP contribution in [0.25, 0.3) is 11.5 Å². The van der Waals surface area contributed by atoms with Crippen LogP contribution in [-0.4, -0.2) is 32.2 Å². The van der Waals surface area contributed by atoms with Crippen molar-refractivity contribution in [1.82, 2.24) is 4.98 Å². The van der Waals surface area contributed by atoms with Gasteiger partial charge in [0.1, 0.15) is 5.76 Å². The molecular formula is C20H20N2O5. The molecule has 0 radical (unpaired) electrons. The number of methoxy groups -OCH3 is 3. The predicted molar refractivity (Wildman–Crippen MR) is 101 cm³/mol. The fourth-order valence-electron chi connectivity index (χ4n) is 2.70. The lowest BCUT2D eigenvalue weighted by Gasteiger charge is -2.15. The molecule has 7 nitrogen and oxygen atoms in total. The van der Waals surface area contributed by atoms with Crippen LogP contribution in [-0.2, 0) is 0 Å². The summed E-state index contributed by atoms with van der Waals surface area (Å²) >= 11 is 0. The number of nitrogens with one attached hydrogen (secondary N) is 1. The van der Waals surface area contributed by atoms with Gasteiger partial charge < -0.3 is 23.9 Å². The number of amides is 1. The Bertz CT molecular complexity index is 965. The second-order valence-corrected chi connectivity index (χ2v) is 5.69. The van der Waals surface area contributed by atoms with Crippen LogP contribution in [0.15, 0.2) is 47.0 Å². The third-order valence-electron chi connectivity index (χ3n) is 3.94. The van der Waals surface area contributed by atoms with Gasteiger partial charge in [-0.1, -0.05) is 6.07 Å². The van der Waals surface area contributed by atoms with E-state index in [1.54, 1.807) is 30.5 Å². The SMILES string of the molecule is COc1ccc(C(=O)Nc2cccc(-c3ncc(C)o3)c2)c(OC)c1OC. The maximum atomic E-state index is 12.8. The Kier molecular flexibility index (Phi) is 5.30. The van der Waals surface area contributed by atoms with Crippen molar-refractivity contribution in [2.24, 2.45) is 0 Å². The Morgan fingerprint density at radius 2 is 1.81 bits per heavy atom. The van der Waals surface area contributed by atoms with E-state index in [0.29, 0.717) is 34.4 Å². The summed E-state index contributed by atoms with van der Waals surface area (Å²) in [6.07, 6.45) is 1.65. The first-order chi connectivity index (χ1) is 13.1. The van der Waals surface area contributed by atoms with Crippen molar-refractivity contribution in [3.63, 3.8) is 0 Å². The zero-order valence-electron chi connectivity index (χ0n) is 15.5. The lowest BCUT2D eigenvalue weighted by Crippen LogP contribution is -2.14. The van der Waals surface area contributed by atoms with Crippen LogP contribution in [0, 0.1) is 6.92 Å². The van der Waals surface area contributed by atoms with Gasteiger partial charge in [0.15, 0.2) is 11.5 Å². The minimum atomic E-state index is -0.339. The van der Waals surface area contributed by atoms with Crippen LogP contribution >= 0.6 is 0 Å². The first kappa shape index (κ1) is 18.3. The van der Waals surface area contributed by atoms with Gasteiger partial charge >= 0.3 is 0 Å². The number of ether oxygens (including phenoxy) is 3. The fraction of sp³-hybridized carbons (Fsp3) is 0.200. The number of aromatic nitrogens is 1. The molecule has 0 atom stereocenters. The molecule has 0 aliphatic carbocycles. The van der Waals surface area contributed by atoms with Crippen LogP contribution in [0.2, 0.25) is 0 Å². The van der Waals surface area contributed by atoms with Gasteiger partial charge in [0.2, 0.25) is 11.6 Å². The molecule has 0 saturated heterocycles. The second kappa shape index (κ2) is 7.82. The van der Waals surface area contributed by atoms with E-state index in [1.165, 1.54) is 21.3 Å². The fourth-order valence-corrected chi connectivity index (χ4v) is 2.70. The molecular weight excluding hydrogens is 348 g/mol. The Balaban J connectivity index is 1.90. The van der Waals surface area contributed by atoms with E-state index in [0.717, 1.165) is 11.3 Å². The zero-order valence-corrected chi connectivity index (χ0v) is 15.5. The average Bonchev–Trinajstić information content (AvgIpc) is 3.13. The van der Waals surface area contributed by atoms with Gasteiger partial charge in [-0.25, -0.2) is 4.98 Å². The number of anilines is 1. The summed E-state index contributed by atoms with van der Waals surface area (Å²) < 4.78 is 21.5. The normalized spacial score (nSPS) is 10.4. The lowest BCUT2D eigenvalue weighted by atomic mass is 10.1. The molecule has 2 aromatic carbocycles. The highest BCUT2D eigenvalue weighted by Crippen LogP contribution is 2.40. The molecule has 7 heteroatoms. The second-order valence-electron chi connectivity index (χ2n) is 5.69. The van der Waals surface area contributed by atoms with Crippen LogP contribution in [0.3, 0.4) is 0 Å². The Hall–Kier alpha value is -3.48. The molecule has 0 aliphatic rings. The Morgan fingerprint density at radius 1 is 1.04 bits per heavy atom. The van der Waals surface area contributed by atoms with Crippen molar-refractivity contribution >= 4 is 11.6 Å². The van der Waals surface area contributed by atoms with Crippen molar-refractivity contribution in [3.05, 3.63) is 53.9 Å². The van der Waals surface area contributed by atoms with Crippen LogP contribution in [0.5, 0.6) is 17.2 Å². The van der Waals surface area contributed by atoms with Gasteiger partial charge in [0, 0.05) is 11.3 Å². The van der Waals surface area contributed by atoms with Gasteiger partial charge in [-0.15, -0.1) is 0 Å². The van der Waals surface area contributed by atoms with Crippen LogP contribution < -0.4 is 19.5 Å². The first-order valence-electron chi connectivity index (χ1n) is 8.20. The maximum Gasteiger partial charge on any atom is 0.259 e. The molecule has 1 N–H and O–H groups in total. The highest BCUT2D eigenvalue weighted by Gasteiger charge is 2.21. The molecule has 1 heterocycles. The molecule has 1 amide bonds. The number of hydrogen-bond donors (Lipinski definition) is 1. The van der Waals surface area contributed by atoms with E-state index in [2.05, 4.69) is 10.3 Å². The summed E-state index contributed by atoms with van der Waals surface area (Å²) in [6.45, 7) is 1.82. The minimum Gasteiger partial charge on any atom is -0.493 e. The van der Waals surface area contributed by atoms with Gasteiger partial charge in [0.25, 0.3) is 5.91 Å². The van der Waals surface area contributed by atoms with Crippen molar-refractivity contribution < 1.29 is 23.4 Å². The van der Waals surface area contributed by atoms with E-state index in [9.17, 15) is 4.79 Å². The average molecular weight is 368 g/mol. The van der Waals surface area contributed by atoms with E-state index >= 15 is 0 Å². The molecule has 0 aliphatic heterocycles. The smallest absolute Gasteiger partial charge is 0.259 e. The van der Waals surface area contributed by atoms with Gasteiger partial charge in [-0.2, -0.15) is 0 Å². The first-order valence-corrected chi connectivity index (χ1v) is 8.20. The summed E-state index contributed by atoms with van der Waals surface area (Å²) in [5, 5.41) is 2.85. The monoisotopic (exact) mass is 368 g/mol. The lowest BCUT2D eigenvalue weighted by molar-refractivity contribution is 0.102. The van der Waals surface area contributed by atoms with Gasteiger partial charge in [-0.3, -0.25) is 4.79 Å². The summed E-state index contributed by atoms with van der Waals surface area (Å²) in [4.78, 5) is 17.0. The molecule has 3 aromatic rings. The quantitative estimate of drug-likeness (QED) is 0.710. The number of nitrogens with zero attached hydrogens (tertiary/aromatic N) is 1. The van der Waals surface area contributed by atoms with Crippen LogP contribution in [0.1, 0.15) is 16.1 Å². The third kappa shape index (κ3) is 3.72. The highest BCUT2D eigenvalue weighted by molar-refractivity contribution is 6.07. The predicted octanol–water partition coefficient (Wildman–Crippen LogP) is 3.93. The molecule has 0 fully saturated rings. The molecule has 0 bridgehead atoms. The summed E-state index contributed by atoms with van der Waals surface area (Å²) in [5.41, 5.74) is 1.69. The van der Waals surface area contributed by atoms with Crippen molar-refractivity contribution in [3.8, 4) is 28.7 Å². The van der Waals surface area contributed by atoms with Crippen LogP contribution in [0.4, 0.5) is 5.69 Å². The van der Waals surface area contributed by atoms with Crippen molar-refractivity contribution in [1.29, 1.82) is 0 Å². The van der Waals surface area contributed by atoms with E-state index < -0.39 is 0 Å².